The average Bonchev–Trinajstić information content (AvgIpc) is 2.40. The van der Waals surface area contributed by atoms with Crippen molar-refractivity contribution in [2.45, 2.75) is 6.92 Å². The summed E-state index contributed by atoms with van der Waals surface area (Å²) >= 11 is 0. The summed E-state index contributed by atoms with van der Waals surface area (Å²) in [5.74, 6) is 0.391. The summed E-state index contributed by atoms with van der Waals surface area (Å²) in [6.45, 7) is 2.57. The highest BCUT2D eigenvalue weighted by atomic mass is 16.6. The van der Waals surface area contributed by atoms with Gasteiger partial charge in [0.1, 0.15) is 6.20 Å². The van der Waals surface area contributed by atoms with Crippen molar-refractivity contribution in [2.75, 3.05) is 11.9 Å². The van der Waals surface area contributed by atoms with Gasteiger partial charge in [0.25, 0.3) is 0 Å². The van der Waals surface area contributed by atoms with Crippen molar-refractivity contribution in [2.24, 2.45) is 0 Å². The molecular weight excluding hydrogens is 232 g/mol. The van der Waals surface area contributed by atoms with E-state index >= 15 is 0 Å². The van der Waals surface area contributed by atoms with Gasteiger partial charge in [0.2, 0.25) is 5.95 Å². The first-order chi connectivity index (χ1) is 8.72. The highest BCUT2D eigenvalue weighted by Gasteiger charge is 2.18. The lowest BCUT2D eigenvalue weighted by molar-refractivity contribution is -0.384. The van der Waals surface area contributed by atoms with Gasteiger partial charge in [-0.3, -0.25) is 10.1 Å². The van der Waals surface area contributed by atoms with Crippen molar-refractivity contribution in [3.8, 4) is 11.3 Å². The molecule has 92 valence electrons. The number of anilines is 1. The van der Waals surface area contributed by atoms with E-state index in [1.54, 1.807) is 12.1 Å². The third kappa shape index (κ3) is 2.42. The summed E-state index contributed by atoms with van der Waals surface area (Å²) in [5.41, 5.74) is 0.931. The summed E-state index contributed by atoms with van der Waals surface area (Å²) in [6, 6.07) is 9.04. The van der Waals surface area contributed by atoms with Gasteiger partial charge < -0.3 is 5.32 Å². The Balaban J connectivity index is 2.54. The fourth-order valence-electron chi connectivity index (χ4n) is 1.56. The molecule has 0 unspecified atom stereocenters. The van der Waals surface area contributed by atoms with Crippen LogP contribution in [0.2, 0.25) is 0 Å². The second-order valence-corrected chi connectivity index (χ2v) is 3.58. The van der Waals surface area contributed by atoms with Crippen LogP contribution in [0.15, 0.2) is 36.5 Å². The average molecular weight is 244 g/mol. The molecule has 1 aromatic carbocycles. The molecular formula is C12H12N4O2. The van der Waals surface area contributed by atoms with E-state index in [-0.39, 0.29) is 5.69 Å². The van der Waals surface area contributed by atoms with Gasteiger partial charge in [-0.05, 0) is 6.92 Å². The quantitative estimate of drug-likeness (QED) is 0.660. The maximum Gasteiger partial charge on any atom is 0.313 e. The molecule has 0 amide bonds. The molecule has 1 aromatic heterocycles. The lowest BCUT2D eigenvalue weighted by Crippen LogP contribution is -2.04. The number of rotatable bonds is 4. The second kappa shape index (κ2) is 5.22. The first-order valence-corrected chi connectivity index (χ1v) is 5.53. The van der Waals surface area contributed by atoms with Crippen LogP contribution in [0.25, 0.3) is 11.3 Å². The van der Waals surface area contributed by atoms with Crippen LogP contribution in [-0.2, 0) is 0 Å². The van der Waals surface area contributed by atoms with Crippen molar-refractivity contribution in [1.82, 2.24) is 9.97 Å². The van der Waals surface area contributed by atoms with Gasteiger partial charge in [-0.15, -0.1) is 0 Å². The largest absolute Gasteiger partial charge is 0.354 e. The third-order valence-corrected chi connectivity index (χ3v) is 2.35. The minimum absolute atomic E-state index is 0.0946. The number of nitrogens with one attached hydrogen (secondary N) is 1. The standard InChI is InChI=1S/C12H12N4O2/c1-2-13-12-14-8-10(16(17)18)11(15-12)9-6-4-3-5-7-9/h3-8H,2H2,1H3,(H,13,14,15). The molecule has 1 heterocycles. The van der Waals surface area contributed by atoms with E-state index in [1.165, 1.54) is 6.20 Å². The Morgan fingerprint density at radius 2 is 2.06 bits per heavy atom. The molecule has 0 aliphatic carbocycles. The summed E-state index contributed by atoms with van der Waals surface area (Å²) < 4.78 is 0. The van der Waals surface area contributed by atoms with Crippen LogP contribution in [0.3, 0.4) is 0 Å². The van der Waals surface area contributed by atoms with Crippen LogP contribution >= 0.6 is 0 Å². The van der Waals surface area contributed by atoms with Crippen molar-refractivity contribution in [3.05, 3.63) is 46.6 Å². The normalized spacial score (nSPS) is 10.1. The van der Waals surface area contributed by atoms with E-state index in [1.807, 2.05) is 25.1 Å². The van der Waals surface area contributed by atoms with E-state index < -0.39 is 4.92 Å². The minimum atomic E-state index is -0.474. The number of hydrogen-bond donors (Lipinski definition) is 1. The molecule has 0 saturated heterocycles. The topological polar surface area (TPSA) is 81.0 Å². The summed E-state index contributed by atoms with van der Waals surface area (Å²) in [7, 11) is 0. The lowest BCUT2D eigenvalue weighted by atomic mass is 10.1. The molecule has 2 rings (SSSR count). The Bertz CT molecular complexity index is 557. The van der Waals surface area contributed by atoms with E-state index in [0.717, 1.165) is 0 Å². The zero-order chi connectivity index (χ0) is 13.0. The van der Waals surface area contributed by atoms with E-state index in [0.29, 0.717) is 23.8 Å². The van der Waals surface area contributed by atoms with Gasteiger partial charge in [0.05, 0.1) is 4.92 Å². The molecule has 0 aliphatic rings. The van der Waals surface area contributed by atoms with Crippen LogP contribution in [0.5, 0.6) is 0 Å². The number of nitrogens with zero attached hydrogens (tertiary/aromatic N) is 3. The number of benzene rings is 1. The van der Waals surface area contributed by atoms with E-state index in [4.69, 9.17) is 0 Å². The SMILES string of the molecule is CCNc1ncc([N+](=O)[O-])c(-c2ccccc2)n1. The molecule has 0 aliphatic heterocycles. The van der Waals surface area contributed by atoms with Crippen LogP contribution < -0.4 is 5.32 Å². The van der Waals surface area contributed by atoms with E-state index in [9.17, 15) is 10.1 Å². The highest BCUT2D eigenvalue weighted by Crippen LogP contribution is 2.27. The fourth-order valence-corrected chi connectivity index (χ4v) is 1.56. The molecule has 0 spiro atoms. The van der Waals surface area contributed by atoms with Crippen molar-refractivity contribution in [1.29, 1.82) is 0 Å². The van der Waals surface area contributed by atoms with Gasteiger partial charge in [-0.1, -0.05) is 30.3 Å². The van der Waals surface area contributed by atoms with Crippen LogP contribution in [0.4, 0.5) is 11.6 Å². The molecule has 0 radical (unpaired) electrons. The maximum atomic E-state index is 11.0. The molecule has 18 heavy (non-hydrogen) atoms. The fraction of sp³-hybridized carbons (Fsp3) is 0.167. The van der Waals surface area contributed by atoms with Gasteiger partial charge in [0.15, 0.2) is 5.69 Å². The first-order valence-electron chi connectivity index (χ1n) is 5.53. The predicted molar refractivity (Wildman–Crippen MR) is 68.3 cm³/mol. The Labute approximate surface area is 104 Å². The van der Waals surface area contributed by atoms with Gasteiger partial charge in [0, 0.05) is 12.1 Å². The molecule has 0 bridgehead atoms. The predicted octanol–water partition coefficient (Wildman–Crippen LogP) is 2.48. The zero-order valence-corrected chi connectivity index (χ0v) is 9.83. The monoisotopic (exact) mass is 244 g/mol. The second-order valence-electron chi connectivity index (χ2n) is 3.58. The number of nitro groups is 1. The van der Waals surface area contributed by atoms with Gasteiger partial charge in [-0.2, -0.15) is 0 Å². The molecule has 1 N–H and O–H groups in total. The van der Waals surface area contributed by atoms with Crippen LogP contribution in [-0.4, -0.2) is 21.4 Å². The van der Waals surface area contributed by atoms with Crippen molar-refractivity contribution >= 4 is 11.6 Å². The molecule has 0 fully saturated rings. The molecule has 0 saturated carbocycles. The Kier molecular flexibility index (Phi) is 3.47. The third-order valence-electron chi connectivity index (χ3n) is 2.35. The Morgan fingerprint density at radius 1 is 1.33 bits per heavy atom. The summed E-state index contributed by atoms with van der Waals surface area (Å²) in [6.07, 6.45) is 1.23. The number of aromatic nitrogens is 2. The van der Waals surface area contributed by atoms with Gasteiger partial charge >= 0.3 is 5.69 Å². The minimum Gasteiger partial charge on any atom is -0.354 e. The molecule has 6 nitrogen and oxygen atoms in total. The van der Waals surface area contributed by atoms with Crippen LogP contribution in [0.1, 0.15) is 6.92 Å². The number of hydrogen-bond acceptors (Lipinski definition) is 5. The first kappa shape index (κ1) is 12.0. The van der Waals surface area contributed by atoms with Crippen molar-refractivity contribution < 1.29 is 4.92 Å². The van der Waals surface area contributed by atoms with E-state index in [2.05, 4.69) is 15.3 Å². The van der Waals surface area contributed by atoms with Crippen molar-refractivity contribution in [3.63, 3.8) is 0 Å². The maximum absolute atomic E-state index is 11.0. The smallest absolute Gasteiger partial charge is 0.313 e. The summed E-state index contributed by atoms with van der Waals surface area (Å²) in [5, 5.41) is 13.9. The zero-order valence-electron chi connectivity index (χ0n) is 9.83. The molecule has 0 atom stereocenters. The highest BCUT2D eigenvalue weighted by molar-refractivity contribution is 5.69. The summed E-state index contributed by atoms with van der Waals surface area (Å²) in [4.78, 5) is 18.6. The Hall–Kier alpha value is -2.50. The molecule has 2 aromatic rings. The van der Waals surface area contributed by atoms with Gasteiger partial charge in [-0.25, -0.2) is 9.97 Å². The lowest BCUT2D eigenvalue weighted by Gasteiger charge is -2.05. The van der Waals surface area contributed by atoms with Crippen LogP contribution in [0, 0.1) is 10.1 Å². The Morgan fingerprint density at radius 3 is 2.67 bits per heavy atom. The molecule has 6 heteroatoms.